The Morgan fingerprint density at radius 3 is 2.85 bits per heavy atom. The predicted octanol–water partition coefficient (Wildman–Crippen LogP) is 2.61. The molecule has 0 aliphatic heterocycles. The third-order valence-corrected chi connectivity index (χ3v) is 2.19. The van der Waals surface area contributed by atoms with Crippen LogP contribution < -0.4 is 5.73 Å². The lowest BCUT2D eigenvalue weighted by Gasteiger charge is -2.09. The maximum Gasteiger partial charge on any atom is 0.129 e. The summed E-state index contributed by atoms with van der Waals surface area (Å²) >= 11 is 3.16. The van der Waals surface area contributed by atoms with Gasteiger partial charge in [0.1, 0.15) is 5.82 Å². The highest BCUT2D eigenvalue weighted by Gasteiger charge is 2.09. The van der Waals surface area contributed by atoms with E-state index in [4.69, 9.17) is 12.2 Å². The van der Waals surface area contributed by atoms with Crippen LogP contribution in [0.25, 0.3) is 0 Å². The summed E-state index contributed by atoms with van der Waals surface area (Å²) in [5.74, 6) is 2.08. The first-order chi connectivity index (χ1) is 6.15. The highest BCUT2D eigenvalue weighted by molar-refractivity contribution is 9.10. The monoisotopic (exact) mass is 241 g/mol. The summed E-state index contributed by atoms with van der Waals surface area (Å²) < 4.78 is 13.9. The minimum absolute atomic E-state index is 0.322. The highest BCUT2D eigenvalue weighted by atomic mass is 79.9. The zero-order valence-corrected chi connectivity index (χ0v) is 8.51. The van der Waals surface area contributed by atoms with Crippen molar-refractivity contribution in [1.29, 1.82) is 0 Å². The minimum Gasteiger partial charge on any atom is -0.323 e. The maximum absolute atomic E-state index is 13.2. The fraction of sp³-hybridized carbons (Fsp3) is 0.200. The second-order valence-electron chi connectivity index (χ2n) is 2.68. The minimum atomic E-state index is -0.418. The largest absolute Gasteiger partial charge is 0.323 e. The molecule has 1 aromatic carbocycles. The second kappa shape index (κ2) is 4.40. The molecule has 2 N–H and O–H groups in total. The Balaban J connectivity index is 2.96. The molecule has 0 radical (unpaired) electrons. The molecule has 0 amide bonds. The van der Waals surface area contributed by atoms with E-state index in [0.717, 1.165) is 0 Å². The number of terminal acetylenes is 1. The van der Waals surface area contributed by atoms with Crippen LogP contribution in [0.1, 0.15) is 18.0 Å². The van der Waals surface area contributed by atoms with Crippen LogP contribution in [-0.4, -0.2) is 0 Å². The number of halogens is 2. The molecule has 3 heteroatoms. The summed E-state index contributed by atoms with van der Waals surface area (Å²) in [6.45, 7) is 0. The smallest absolute Gasteiger partial charge is 0.129 e. The molecule has 0 bridgehead atoms. The lowest BCUT2D eigenvalue weighted by molar-refractivity contribution is 0.585. The first-order valence-corrected chi connectivity index (χ1v) is 4.58. The Kier molecular flexibility index (Phi) is 3.47. The van der Waals surface area contributed by atoms with E-state index in [1.54, 1.807) is 12.1 Å². The quantitative estimate of drug-likeness (QED) is 0.792. The van der Waals surface area contributed by atoms with Crippen LogP contribution in [0, 0.1) is 18.2 Å². The first-order valence-electron chi connectivity index (χ1n) is 3.79. The molecule has 68 valence electrons. The van der Waals surface area contributed by atoms with E-state index in [0.29, 0.717) is 16.5 Å². The van der Waals surface area contributed by atoms with E-state index in [1.165, 1.54) is 6.07 Å². The van der Waals surface area contributed by atoms with E-state index < -0.39 is 6.04 Å². The highest BCUT2D eigenvalue weighted by Crippen LogP contribution is 2.21. The van der Waals surface area contributed by atoms with Crippen molar-refractivity contribution in [2.75, 3.05) is 0 Å². The first kappa shape index (κ1) is 10.2. The van der Waals surface area contributed by atoms with Gasteiger partial charge in [-0.2, -0.15) is 0 Å². The van der Waals surface area contributed by atoms with Crippen molar-refractivity contribution < 1.29 is 4.39 Å². The third-order valence-electron chi connectivity index (χ3n) is 1.70. The zero-order valence-electron chi connectivity index (χ0n) is 6.93. The van der Waals surface area contributed by atoms with Gasteiger partial charge in [-0.3, -0.25) is 0 Å². The van der Waals surface area contributed by atoms with Gasteiger partial charge >= 0.3 is 0 Å². The van der Waals surface area contributed by atoms with Crippen LogP contribution in [0.2, 0.25) is 0 Å². The fourth-order valence-electron chi connectivity index (χ4n) is 1.04. The molecule has 0 heterocycles. The van der Waals surface area contributed by atoms with Crippen molar-refractivity contribution in [1.82, 2.24) is 0 Å². The van der Waals surface area contributed by atoms with Crippen molar-refractivity contribution in [3.8, 4) is 12.3 Å². The van der Waals surface area contributed by atoms with Crippen LogP contribution in [0.5, 0.6) is 0 Å². The second-order valence-corrected chi connectivity index (χ2v) is 3.60. The van der Waals surface area contributed by atoms with Crippen LogP contribution in [-0.2, 0) is 0 Å². The predicted molar refractivity (Wildman–Crippen MR) is 54.5 cm³/mol. The van der Waals surface area contributed by atoms with Crippen LogP contribution in [0.4, 0.5) is 4.39 Å². The average Bonchev–Trinajstić information content (AvgIpc) is 2.04. The van der Waals surface area contributed by atoms with Gasteiger partial charge in [0.05, 0.1) is 0 Å². The summed E-state index contributed by atoms with van der Waals surface area (Å²) in [7, 11) is 0. The van der Waals surface area contributed by atoms with Gasteiger partial charge in [0.2, 0.25) is 0 Å². The lowest BCUT2D eigenvalue weighted by atomic mass is 10.0. The molecular formula is C10H9BrFN. The van der Waals surface area contributed by atoms with Gasteiger partial charge in [-0.25, -0.2) is 4.39 Å². The van der Waals surface area contributed by atoms with E-state index in [1.807, 2.05) is 0 Å². The number of hydrogen-bond donors (Lipinski definition) is 1. The van der Waals surface area contributed by atoms with Gasteiger partial charge in [0.25, 0.3) is 0 Å². The van der Waals surface area contributed by atoms with Crippen molar-refractivity contribution >= 4 is 15.9 Å². The SMILES string of the molecule is C#CCC(N)c1ccc(Br)cc1F. The number of rotatable bonds is 2. The van der Waals surface area contributed by atoms with E-state index >= 15 is 0 Å². The fourth-order valence-corrected chi connectivity index (χ4v) is 1.37. The summed E-state index contributed by atoms with van der Waals surface area (Å²) in [5.41, 5.74) is 6.12. The lowest BCUT2D eigenvalue weighted by Crippen LogP contribution is -2.11. The van der Waals surface area contributed by atoms with Gasteiger partial charge in [-0.1, -0.05) is 22.0 Å². The normalized spacial score (nSPS) is 12.2. The molecule has 0 fully saturated rings. The summed E-state index contributed by atoms with van der Waals surface area (Å²) in [5, 5.41) is 0. The molecule has 0 aliphatic rings. The molecule has 0 saturated heterocycles. The number of nitrogens with two attached hydrogens (primary N) is 1. The molecule has 1 nitrogen and oxygen atoms in total. The Hall–Kier alpha value is -0.850. The van der Waals surface area contributed by atoms with Gasteiger partial charge in [0, 0.05) is 22.5 Å². The molecule has 0 aromatic heterocycles. The average molecular weight is 242 g/mol. The molecule has 1 aromatic rings. The van der Waals surface area contributed by atoms with Gasteiger partial charge in [-0.15, -0.1) is 12.3 Å². The Morgan fingerprint density at radius 2 is 2.31 bits per heavy atom. The van der Waals surface area contributed by atoms with E-state index in [9.17, 15) is 4.39 Å². The third kappa shape index (κ3) is 2.55. The molecule has 13 heavy (non-hydrogen) atoms. The Bertz CT molecular complexity index is 343. The van der Waals surface area contributed by atoms with Crippen molar-refractivity contribution in [2.45, 2.75) is 12.5 Å². The van der Waals surface area contributed by atoms with Gasteiger partial charge in [0.15, 0.2) is 0 Å². The molecule has 0 aliphatic carbocycles. The van der Waals surface area contributed by atoms with Crippen LogP contribution in [0.3, 0.4) is 0 Å². The topological polar surface area (TPSA) is 26.0 Å². The molecule has 0 spiro atoms. The van der Waals surface area contributed by atoms with Gasteiger partial charge in [-0.05, 0) is 12.1 Å². The Labute approximate surface area is 85.3 Å². The Morgan fingerprint density at radius 1 is 1.62 bits per heavy atom. The summed E-state index contributed by atoms with van der Waals surface area (Å²) in [6, 6.07) is 4.35. The van der Waals surface area contributed by atoms with E-state index in [-0.39, 0.29) is 5.82 Å². The summed E-state index contributed by atoms with van der Waals surface area (Å²) in [4.78, 5) is 0. The standard InChI is InChI=1S/C10H9BrFN/c1-2-3-10(13)8-5-4-7(11)6-9(8)12/h1,4-6,10H,3,13H2. The van der Waals surface area contributed by atoms with Gasteiger partial charge < -0.3 is 5.73 Å². The van der Waals surface area contributed by atoms with Crippen molar-refractivity contribution in [3.63, 3.8) is 0 Å². The summed E-state index contributed by atoms with van der Waals surface area (Å²) in [6.07, 6.45) is 5.43. The molecule has 1 rings (SSSR count). The van der Waals surface area contributed by atoms with Crippen LogP contribution >= 0.6 is 15.9 Å². The van der Waals surface area contributed by atoms with Crippen molar-refractivity contribution in [2.24, 2.45) is 5.73 Å². The number of benzene rings is 1. The molecular weight excluding hydrogens is 233 g/mol. The number of hydrogen-bond acceptors (Lipinski definition) is 1. The zero-order chi connectivity index (χ0) is 9.84. The van der Waals surface area contributed by atoms with Crippen LogP contribution in [0.15, 0.2) is 22.7 Å². The molecule has 1 unspecified atom stereocenters. The maximum atomic E-state index is 13.2. The van der Waals surface area contributed by atoms with E-state index in [2.05, 4.69) is 21.9 Å². The van der Waals surface area contributed by atoms with Crippen molar-refractivity contribution in [3.05, 3.63) is 34.1 Å². The molecule has 1 atom stereocenters. The molecule has 0 saturated carbocycles.